The van der Waals surface area contributed by atoms with Crippen molar-refractivity contribution in [3.63, 3.8) is 0 Å². The molecule has 0 aliphatic rings. The number of hydrogen-bond donors (Lipinski definition) is 2. The summed E-state index contributed by atoms with van der Waals surface area (Å²) < 4.78 is 11.3. The van der Waals surface area contributed by atoms with Crippen molar-refractivity contribution >= 4 is 0 Å². The highest BCUT2D eigenvalue weighted by atomic mass is 16.5. The van der Waals surface area contributed by atoms with Gasteiger partial charge in [0.25, 0.3) is 0 Å². The normalized spacial score (nSPS) is 12.1. The minimum atomic E-state index is -0.520. The number of benzene rings is 2. The van der Waals surface area contributed by atoms with E-state index < -0.39 is 6.10 Å². The van der Waals surface area contributed by atoms with Crippen molar-refractivity contribution in [3.8, 4) is 5.75 Å². The van der Waals surface area contributed by atoms with Gasteiger partial charge in [-0.2, -0.15) is 0 Å². The molecule has 0 aliphatic carbocycles. The van der Waals surface area contributed by atoms with E-state index in [2.05, 4.69) is 17.4 Å². The molecule has 0 aliphatic heterocycles. The van der Waals surface area contributed by atoms with Gasteiger partial charge in [-0.3, -0.25) is 0 Å². The molecule has 4 heteroatoms. The second kappa shape index (κ2) is 10.1. The molecule has 2 aromatic rings. The van der Waals surface area contributed by atoms with Gasteiger partial charge < -0.3 is 19.9 Å². The molecule has 0 radical (unpaired) electrons. The third-order valence-corrected chi connectivity index (χ3v) is 3.74. The number of ether oxygens (including phenoxy) is 2. The summed E-state index contributed by atoms with van der Waals surface area (Å²) in [5, 5.41) is 13.1. The highest BCUT2D eigenvalue weighted by Crippen LogP contribution is 2.21. The summed E-state index contributed by atoms with van der Waals surface area (Å²) >= 11 is 0. The third kappa shape index (κ3) is 6.32. The summed E-state index contributed by atoms with van der Waals surface area (Å²) in [5.74, 6) is 0.922. The molecule has 0 amide bonds. The van der Waals surface area contributed by atoms with E-state index in [0.29, 0.717) is 26.4 Å². The largest absolute Gasteiger partial charge is 0.491 e. The Balaban J connectivity index is 1.55. The van der Waals surface area contributed by atoms with Crippen molar-refractivity contribution < 1.29 is 14.6 Å². The van der Waals surface area contributed by atoms with Gasteiger partial charge in [0, 0.05) is 13.1 Å². The highest BCUT2D eigenvalue weighted by molar-refractivity contribution is 5.39. The monoisotopic (exact) mass is 329 g/mol. The van der Waals surface area contributed by atoms with Crippen LogP contribution in [0.3, 0.4) is 0 Å². The van der Waals surface area contributed by atoms with Crippen LogP contribution in [0.5, 0.6) is 5.75 Å². The van der Waals surface area contributed by atoms with Crippen LogP contribution in [0.2, 0.25) is 0 Å². The van der Waals surface area contributed by atoms with Gasteiger partial charge >= 0.3 is 0 Å². The topological polar surface area (TPSA) is 50.7 Å². The SMILES string of the molecule is Cc1cccc(C)c1OCCOCC(O)CNCc1ccccc1. The van der Waals surface area contributed by atoms with E-state index >= 15 is 0 Å². The van der Waals surface area contributed by atoms with Crippen molar-refractivity contribution in [1.29, 1.82) is 0 Å². The smallest absolute Gasteiger partial charge is 0.125 e. The average Bonchev–Trinajstić information content (AvgIpc) is 2.58. The van der Waals surface area contributed by atoms with E-state index in [1.165, 1.54) is 5.56 Å². The second-order valence-electron chi connectivity index (χ2n) is 5.91. The summed E-state index contributed by atoms with van der Waals surface area (Å²) in [4.78, 5) is 0. The van der Waals surface area contributed by atoms with Crippen LogP contribution in [0.15, 0.2) is 48.5 Å². The Hall–Kier alpha value is -1.88. The van der Waals surface area contributed by atoms with Crippen molar-refractivity contribution in [1.82, 2.24) is 5.32 Å². The molecule has 2 rings (SSSR count). The number of para-hydroxylation sites is 1. The molecule has 24 heavy (non-hydrogen) atoms. The van der Waals surface area contributed by atoms with E-state index in [-0.39, 0.29) is 0 Å². The number of aliphatic hydroxyl groups is 1. The van der Waals surface area contributed by atoms with E-state index in [0.717, 1.165) is 23.4 Å². The van der Waals surface area contributed by atoms with Gasteiger partial charge in [0.2, 0.25) is 0 Å². The molecule has 130 valence electrons. The van der Waals surface area contributed by atoms with E-state index in [1.807, 2.05) is 50.2 Å². The van der Waals surface area contributed by atoms with E-state index in [4.69, 9.17) is 9.47 Å². The predicted octanol–water partition coefficient (Wildman–Crippen LogP) is 2.85. The Bertz CT molecular complexity index is 581. The van der Waals surface area contributed by atoms with Gasteiger partial charge in [-0.15, -0.1) is 0 Å². The van der Waals surface area contributed by atoms with Crippen LogP contribution in [0.25, 0.3) is 0 Å². The first-order valence-electron chi connectivity index (χ1n) is 8.36. The fourth-order valence-corrected chi connectivity index (χ4v) is 2.49. The van der Waals surface area contributed by atoms with Crippen molar-refractivity contribution in [2.45, 2.75) is 26.5 Å². The standard InChI is InChI=1S/C20H27NO3/c1-16-7-6-8-17(2)20(16)24-12-11-23-15-19(22)14-21-13-18-9-4-3-5-10-18/h3-10,19,21-22H,11-15H2,1-2H3. The summed E-state index contributed by atoms with van der Waals surface area (Å²) in [6.07, 6.45) is -0.520. The Morgan fingerprint density at radius 1 is 0.958 bits per heavy atom. The zero-order valence-corrected chi connectivity index (χ0v) is 14.5. The average molecular weight is 329 g/mol. The summed E-state index contributed by atoms with van der Waals surface area (Å²) in [6.45, 7) is 6.56. The molecule has 0 spiro atoms. The molecule has 0 saturated heterocycles. The molecular weight excluding hydrogens is 302 g/mol. The van der Waals surface area contributed by atoms with Gasteiger partial charge in [0.1, 0.15) is 12.4 Å². The highest BCUT2D eigenvalue weighted by Gasteiger charge is 2.05. The molecule has 0 saturated carbocycles. The lowest BCUT2D eigenvalue weighted by Gasteiger charge is -2.14. The van der Waals surface area contributed by atoms with Crippen LogP contribution >= 0.6 is 0 Å². The van der Waals surface area contributed by atoms with Gasteiger partial charge in [0.05, 0.1) is 19.3 Å². The van der Waals surface area contributed by atoms with E-state index in [1.54, 1.807) is 0 Å². The maximum Gasteiger partial charge on any atom is 0.125 e. The predicted molar refractivity (Wildman–Crippen MR) is 96.4 cm³/mol. The van der Waals surface area contributed by atoms with Crippen LogP contribution in [0.4, 0.5) is 0 Å². The zero-order valence-electron chi connectivity index (χ0n) is 14.5. The lowest BCUT2D eigenvalue weighted by Crippen LogP contribution is -2.30. The van der Waals surface area contributed by atoms with Crippen LogP contribution in [-0.2, 0) is 11.3 Å². The Labute approximate surface area is 144 Å². The number of nitrogens with one attached hydrogen (secondary N) is 1. The molecule has 2 N–H and O–H groups in total. The lowest BCUT2D eigenvalue weighted by atomic mass is 10.1. The minimum Gasteiger partial charge on any atom is -0.491 e. The fraction of sp³-hybridized carbons (Fsp3) is 0.400. The lowest BCUT2D eigenvalue weighted by molar-refractivity contribution is 0.0248. The summed E-state index contributed by atoms with van der Waals surface area (Å²) in [6, 6.07) is 16.2. The number of hydrogen-bond acceptors (Lipinski definition) is 4. The molecular formula is C20H27NO3. The first-order valence-corrected chi connectivity index (χ1v) is 8.36. The second-order valence-corrected chi connectivity index (χ2v) is 5.91. The maximum atomic E-state index is 9.90. The fourth-order valence-electron chi connectivity index (χ4n) is 2.49. The Kier molecular flexibility index (Phi) is 7.75. The molecule has 1 unspecified atom stereocenters. The molecule has 0 heterocycles. The molecule has 0 fully saturated rings. The Morgan fingerprint density at radius 2 is 1.67 bits per heavy atom. The third-order valence-electron chi connectivity index (χ3n) is 3.74. The summed E-state index contributed by atoms with van der Waals surface area (Å²) in [7, 11) is 0. The van der Waals surface area contributed by atoms with Crippen LogP contribution in [0.1, 0.15) is 16.7 Å². The van der Waals surface area contributed by atoms with Crippen molar-refractivity contribution in [2.24, 2.45) is 0 Å². The summed E-state index contributed by atoms with van der Waals surface area (Å²) in [5.41, 5.74) is 3.45. The zero-order chi connectivity index (χ0) is 17.2. The van der Waals surface area contributed by atoms with Crippen molar-refractivity contribution in [3.05, 3.63) is 65.2 Å². The van der Waals surface area contributed by atoms with Gasteiger partial charge in [-0.1, -0.05) is 48.5 Å². The molecule has 4 nitrogen and oxygen atoms in total. The van der Waals surface area contributed by atoms with Gasteiger partial charge in [-0.05, 0) is 30.5 Å². The number of rotatable bonds is 10. The van der Waals surface area contributed by atoms with Crippen molar-refractivity contribution in [2.75, 3.05) is 26.4 Å². The number of aliphatic hydroxyl groups excluding tert-OH is 1. The molecule has 0 bridgehead atoms. The van der Waals surface area contributed by atoms with Gasteiger partial charge in [0.15, 0.2) is 0 Å². The van der Waals surface area contributed by atoms with Crippen LogP contribution < -0.4 is 10.1 Å². The molecule has 1 atom stereocenters. The molecule has 0 aromatic heterocycles. The van der Waals surface area contributed by atoms with Crippen LogP contribution in [-0.4, -0.2) is 37.6 Å². The first-order chi connectivity index (χ1) is 11.7. The quantitative estimate of drug-likeness (QED) is 0.658. The van der Waals surface area contributed by atoms with E-state index in [9.17, 15) is 5.11 Å². The van der Waals surface area contributed by atoms with Gasteiger partial charge in [-0.25, -0.2) is 0 Å². The van der Waals surface area contributed by atoms with Crippen LogP contribution in [0, 0.1) is 13.8 Å². The maximum absolute atomic E-state index is 9.90. The molecule has 2 aromatic carbocycles. The minimum absolute atomic E-state index is 0.303. The number of aryl methyl sites for hydroxylation is 2. The first kappa shape index (κ1) is 18.5. The Morgan fingerprint density at radius 3 is 2.38 bits per heavy atom.